The Kier molecular flexibility index (Phi) is 2.97. The second kappa shape index (κ2) is 5.13. The van der Waals surface area contributed by atoms with Crippen LogP contribution >= 0.6 is 0 Å². The number of nitrogens with zero attached hydrogens (tertiary/aromatic N) is 3. The molecule has 0 saturated heterocycles. The summed E-state index contributed by atoms with van der Waals surface area (Å²) in [6.07, 6.45) is 0. The Bertz CT molecular complexity index is 990. The van der Waals surface area contributed by atoms with Gasteiger partial charge in [0.05, 0.1) is 5.52 Å². The minimum Gasteiger partial charge on any atom is -0.486 e. The molecule has 7 nitrogen and oxygen atoms in total. The summed E-state index contributed by atoms with van der Waals surface area (Å²) in [4.78, 5) is 15.1. The van der Waals surface area contributed by atoms with E-state index in [9.17, 15) is 0 Å². The number of hydrogen-bond donors (Lipinski definition) is 3. The Balaban J connectivity index is 1.63. The first kappa shape index (κ1) is 13.3. The molecule has 23 heavy (non-hydrogen) atoms. The van der Waals surface area contributed by atoms with Crippen molar-refractivity contribution in [2.75, 3.05) is 11.5 Å². The molecule has 0 amide bonds. The predicted molar refractivity (Wildman–Crippen MR) is 88.8 cm³/mol. The number of rotatable bonds is 3. The summed E-state index contributed by atoms with van der Waals surface area (Å²) < 4.78 is 5.72. The molecule has 2 aromatic carbocycles. The highest BCUT2D eigenvalue weighted by Gasteiger charge is 2.06. The summed E-state index contributed by atoms with van der Waals surface area (Å²) in [5, 5.41) is 2.34. The van der Waals surface area contributed by atoms with Gasteiger partial charge >= 0.3 is 0 Å². The first-order valence-electron chi connectivity index (χ1n) is 7.08. The topological polar surface area (TPSA) is 116 Å². The number of nitrogens with two attached hydrogens (primary N) is 2. The average molecular weight is 306 g/mol. The second-order valence-electron chi connectivity index (χ2n) is 5.13. The van der Waals surface area contributed by atoms with Crippen molar-refractivity contribution in [2.45, 2.75) is 6.61 Å². The molecule has 0 spiro atoms. The third-order valence-corrected chi connectivity index (χ3v) is 3.56. The van der Waals surface area contributed by atoms with Gasteiger partial charge in [0.2, 0.25) is 11.9 Å². The number of nitrogen functional groups attached to an aromatic ring is 2. The van der Waals surface area contributed by atoms with E-state index in [1.165, 1.54) is 5.39 Å². The zero-order valence-electron chi connectivity index (χ0n) is 12.2. The fourth-order valence-electron chi connectivity index (χ4n) is 2.59. The van der Waals surface area contributed by atoms with Gasteiger partial charge in [0.15, 0.2) is 5.82 Å². The van der Waals surface area contributed by atoms with Crippen LogP contribution in [0.3, 0.4) is 0 Å². The molecule has 0 radical (unpaired) electrons. The van der Waals surface area contributed by atoms with Crippen LogP contribution in [0.25, 0.3) is 21.8 Å². The van der Waals surface area contributed by atoms with Crippen LogP contribution in [0.2, 0.25) is 0 Å². The van der Waals surface area contributed by atoms with E-state index in [4.69, 9.17) is 16.2 Å². The van der Waals surface area contributed by atoms with Gasteiger partial charge in [-0.3, -0.25) is 0 Å². The van der Waals surface area contributed by atoms with Crippen LogP contribution < -0.4 is 16.2 Å². The van der Waals surface area contributed by atoms with E-state index >= 15 is 0 Å². The van der Waals surface area contributed by atoms with E-state index in [-0.39, 0.29) is 18.5 Å². The molecule has 0 saturated carbocycles. The number of fused-ring (bicyclic) bond motifs is 3. The molecular formula is C16H14N6O. The number of anilines is 2. The van der Waals surface area contributed by atoms with E-state index in [1.54, 1.807) is 0 Å². The van der Waals surface area contributed by atoms with Crippen molar-refractivity contribution in [3.05, 3.63) is 48.3 Å². The van der Waals surface area contributed by atoms with Gasteiger partial charge in [0.25, 0.3) is 0 Å². The third-order valence-electron chi connectivity index (χ3n) is 3.56. The van der Waals surface area contributed by atoms with Gasteiger partial charge in [-0.25, -0.2) is 0 Å². The van der Waals surface area contributed by atoms with Crippen LogP contribution in [-0.4, -0.2) is 19.9 Å². The lowest BCUT2D eigenvalue weighted by Crippen LogP contribution is -2.09. The summed E-state index contributed by atoms with van der Waals surface area (Å²) >= 11 is 0. The summed E-state index contributed by atoms with van der Waals surface area (Å²) in [5.74, 6) is 1.28. The fraction of sp³-hybridized carbons (Fsp3) is 0.0625. The number of para-hydroxylation sites is 1. The molecule has 0 fully saturated rings. The van der Waals surface area contributed by atoms with Crippen molar-refractivity contribution in [1.29, 1.82) is 0 Å². The number of aromatic nitrogens is 4. The average Bonchev–Trinajstić information content (AvgIpc) is 2.89. The lowest BCUT2D eigenvalue weighted by molar-refractivity contribution is 0.296. The molecule has 114 valence electrons. The third kappa shape index (κ3) is 2.48. The molecule has 0 bridgehead atoms. The lowest BCUT2D eigenvalue weighted by atomic mass is 10.1. The van der Waals surface area contributed by atoms with Gasteiger partial charge in [-0.05, 0) is 18.2 Å². The molecule has 0 aliphatic heterocycles. The van der Waals surface area contributed by atoms with Crippen LogP contribution in [0, 0.1) is 0 Å². The van der Waals surface area contributed by atoms with Crippen LogP contribution in [0.4, 0.5) is 11.9 Å². The number of benzene rings is 2. The number of ether oxygens (including phenoxy) is 1. The Morgan fingerprint density at radius 3 is 2.43 bits per heavy atom. The van der Waals surface area contributed by atoms with Crippen molar-refractivity contribution < 1.29 is 4.74 Å². The molecule has 0 aliphatic rings. The van der Waals surface area contributed by atoms with Crippen molar-refractivity contribution in [3.63, 3.8) is 0 Å². The maximum Gasteiger partial charge on any atom is 0.225 e. The monoisotopic (exact) mass is 306 g/mol. The molecule has 0 unspecified atom stereocenters. The largest absolute Gasteiger partial charge is 0.486 e. The van der Waals surface area contributed by atoms with Gasteiger partial charge in [0.1, 0.15) is 12.4 Å². The first-order chi connectivity index (χ1) is 11.2. The van der Waals surface area contributed by atoms with Crippen molar-refractivity contribution in [3.8, 4) is 5.75 Å². The quantitative estimate of drug-likeness (QED) is 0.534. The maximum absolute atomic E-state index is 5.72. The number of H-pyrrole nitrogens is 1. The highest BCUT2D eigenvalue weighted by molar-refractivity contribution is 6.07. The zero-order valence-corrected chi connectivity index (χ0v) is 12.2. The van der Waals surface area contributed by atoms with Crippen LogP contribution in [0.5, 0.6) is 5.75 Å². The van der Waals surface area contributed by atoms with Gasteiger partial charge < -0.3 is 21.2 Å². The fourth-order valence-corrected chi connectivity index (χ4v) is 2.59. The zero-order chi connectivity index (χ0) is 15.8. The number of nitrogens with one attached hydrogen (secondary N) is 1. The van der Waals surface area contributed by atoms with Gasteiger partial charge in [-0.1, -0.05) is 18.2 Å². The smallest absolute Gasteiger partial charge is 0.225 e. The molecule has 7 heteroatoms. The molecule has 4 aromatic rings. The Morgan fingerprint density at radius 2 is 1.61 bits per heavy atom. The normalized spacial score (nSPS) is 11.1. The molecule has 4 rings (SSSR count). The highest BCUT2D eigenvalue weighted by Crippen LogP contribution is 2.28. The molecule has 0 atom stereocenters. The molecule has 2 heterocycles. The standard InChI is InChI=1S/C16H14N6O/c17-15-20-14(21-16(18)22-15)8-23-9-5-6-11-10-3-1-2-4-12(10)19-13(11)7-9/h1-7,19H,8H2,(H4,17,18,20,21,22). The van der Waals surface area contributed by atoms with Crippen LogP contribution in [0.1, 0.15) is 5.82 Å². The van der Waals surface area contributed by atoms with E-state index in [0.717, 1.165) is 16.4 Å². The van der Waals surface area contributed by atoms with Crippen LogP contribution in [0.15, 0.2) is 42.5 Å². The van der Waals surface area contributed by atoms with Gasteiger partial charge in [0, 0.05) is 22.4 Å². The summed E-state index contributed by atoms with van der Waals surface area (Å²) in [6.45, 7) is 0.169. The SMILES string of the molecule is Nc1nc(N)nc(COc2ccc3c(c2)[nH]c2ccccc23)n1. The second-order valence-corrected chi connectivity index (χ2v) is 5.13. The maximum atomic E-state index is 5.72. The predicted octanol–water partition coefficient (Wildman–Crippen LogP) is 2.25. The number of hydrogen-bond acceptors (Lipinski definition) is 6. The molecular weight excluding hydrogens is 292 g/mol. The highest BCUT2D eigenvalue weighted by atomic mass is 16.5. The Morgan fingerprint density at radius 1 is 0.870 bits per heavy atom. The van der Waals surface area contributed by atoms with E-state index in [0.29, 0.717) is 11.6 Å². The minimum absolute atomic E-state index is 0.0853. The summed E-state index contributed by atoms with van der Waals surface area (Å²) in [6, 6.07) is 14.1. The van der Waals surface area contributed by atoms with Crippen molar-refractivity contribution in [1.82, 2.24) is 19.9 Å². The van der Waals surface area contributed by atoms with Gasteiger partial charge in [-0.15, -0.1) is 0 Å². The van der Waals surface area contributed by atoms with Gasteiger partial charge in [-0.2, -0.15) is 15.0 Å². The summed E-state index contributed by atoms with van der Waals surface area (Å²) in [5.41, 5.74) is 13.2. The Hall–Kier alpha value is -3.35. The van der Waals surface area contributed by atoms with Crippen LogP contribution in [-0.2, 0) is 6.61 Å². The van der Waals surface area contributed by atoms with E-state index in [2.05, 4.69) is 26.0 Å². The van der Waals surface area contributed by atoms with E-state index < -0.39 is 0 Å². The van der Waals surface area contributed by atoms with E-state index in [1.807, 2.05) is 36.4 Å². The molecule has 5 N–H and O–H groups in total. The summed E-state index contributed by atoms with van der Waals surface area (Å²) in [7, 11) is 0. The number of aromatic amines is 1. The molecule has 2 aromatic heterocycles. The minimum atomic E-state index is 0.0853. The van der Waals surface area contributed by atoms with Crippen molar-refractivity contribution in [2.24, 2.45) is 0 Å². The first-order valence-corrected chi connectivity index (χ1v) is 7.08. The van der Waals surface area contributed by atoms with Crippen molar-refractivity contribution >= 4 is 33.7 Å². The lowest BCUT2D eigenvalue weighted by Gasteiger charge is -2.06. The molecule has 0 aliphatic carbocycles. The Labute approximate surface area is 131 Å².